The molecule has 57 heavy (non-hydrogen) atoms. The monoisotopic (exact) mass is 742 g/mol. The van der Waals surface area contributed by atoms with Gasteiger partial charge in [-0.1, -0.05) is 165 Å². The number of benzene rings is 6. The van der Waals surface area contributed by atoms with Crippen LogP contribution in [0.25, 0.3) is 22.3 Å². The van der Waals surface area contributed by atoms with Crippen LogP contribution in [-0.2, 0) is 19.4 Å². The van der Waals surface area contributed by atoms with Gasteiger partial charge in [0.1, 0.15) is 0 Å². The van der Waals surface area contributed by atoms with E-state index in [9.17, 15) is 0 Å². The molecule has 0 aliphatic heterocycles. The topological polar surface area (TPSA) is 44.9 Å². The van der Waals surface area contributed by atoms with Gasteiger partial charge < -0.3 is 15.6 Å². The molecule has 1 atom stereocenters. The number of fused-ring (bicyclic) bond motifs is 3. The minimum atomic E-state index is 0.108. The van der Waals surface area contributed by atoms with Crippen molar-refractivity contribution in [2.45, 2.75) is 32.2 Å². The van der Waals surface area contributed by atoms with Crippen molar-refractivity contribution in [1.29, 1.82) is 0 Å². The van der Waals surface area contributed by atoms with Crippen molar-refractivity contribution in [2.24, 2.45) is 10.9 Å². The fourth-order valence-electron chi connectivity index (χ4n) is 8.12. The predicted octanol–water partition coefficient (Wildman–Crippen LogP) is 12.5. The summed E-state index contributed by atoms with van der Waals surface area (Å²) in [7, 11) is 0. The average Bonchev–Trinajstić information content (AvgIpc) is 3.26. The number of hydrogen-bond donors (Lipinski definition) is 1. The first kappa shape index (κ1) is 38.4. The highest BCUT2D eigenvalue weighted by molar-refractivity contribution is 6.00. The van der Waals surface area contributed by atoms with Gasteiger partial charge in [-0.05, 0) is 100 Å². The van der Waals surface area contributed by atoms with Crippen molar-refractivity contribution in [3.8, 4) is 22.3 Å². The molecule has 7 rings (SSSR count). The Labute approximate surface area is 338 Å². The number of nitrogens with two attached hydrogens (primary N) is 1. The van der Waals surface area contributed by atoms with Gasteiger partial charge in [-0.25, -0.2) is 0 Å². The summed E-state index contributed by atoms with van der Waals surface area (Å²) in [6.45, 7) is 15.5. The van der Waals surface area contributed by atoms with E-state index in [4.69, 9.17) is 5.84 Å². The van der Waals surface area contributed by atoms with Crippen LogP contribution in [0.2, 0.25) is 0 Å². The molecule has 6 aromatic carbocycles. The van der Waals surface area contributed by atoms with Crippen LogP contribution in [0.1, 0.15) is 46.2 Å². The number of allylic oxidation sites excluding steroid dienone is 5. The molecular weight excluding hydrogens is 693 g/mol. The molecule has 4 nitrogen and oxygen atoms in total. The molecular formula is C53H50N4. The summed E-state index contributed by atoms with van der Waals surface area (Å²) in [5.74, 6) is 6.89. The average molecular weight is 743 g/mol. The molecule has 0 amide bonds. The lowest BCUT2D eigenvalue weighted by Gasteiger charge is -2.33. The van der Waals surface area contributed by atoms with E-state index >= 15 is 0 Å². The van der Waals surface area contributed by atoms with E-state index in [-0.39, 0.29) is 5.92 Å². The van der Waals surface area contributed by atoms with Gasteiger partial charge in [0, 0.05) is 41.6 Å². The van der Waals surface area contributed by atoms with Gasteiger partial charge in [-0.2, -0.15) is 5.10 Å². The number of para-hydroxylation sites is 1. The number of hydrazone groups is 1. The predicted molar refractivity (Wildman–Crippen MR) is 243 cm³/mol. The Kier molecular flexibility index (Phi) is 12.2. The van der Waals surface area contributed by atoms with Gasteiger partial charge in [-0.3, -0.25) is 0 Å². The van der Waals surface area contributed by atoms with Gasteiger partial charge in [0.25, 0.3) is 0 Å². The van der Waals surface area contributed by atoms with Crippen LogP contribution in [0.3, 0.4) is 0 Å². The molecule has 0 saturated heterocycles. The lowest BCUT2D eigenvalue weighted by Crippen LogP contribution is -2.31. The summed E-state index contributed by atoms with van der Waals surface area (Å²) in [6, 6.07) is 52.4. The highest BCUT2D eigenvalue weighted by atomic mass is 15.3. The Bertz CT molecular complexity index is 2450. The van der Waals surface area contributed by atoms with E-state index < -0.39 is 0 Å². The van der Waals surface area contributed by atoms with E-state index in [1.165, 1.54) is 55.9 Å². The van der Waals surface area contributed by atoms with Crippen molar-refractivity contribution in [3.05, 3.63) is 241 Å². The van der Waals surface area contributed by atoms with E-state index in [2.05, 4.69) is 169 Å². The maximum absolute atomic E-state index is 6.12. The van der Waals surface area contributed by atoms with Crippen LogP contribution in [-0.4, -0.2) is 17.3 Å². The van der Waals surface area contributed by atoms with Gasteiger partial charge in [0.05, 0.1) is 0 Å². The van der Waals surface area contributed by atoms with Crippen LogP contribution in [0.4, 0.5) is 11.4 Å². The van der Waals surface area contributed by atoms with Gasteiger partial charge >= 0.3 is 0 Å². The van der Waals surface area contributed by atoms with Gasteiger partial charge in [-0.15, -0.1) is 6.58 Å². The lowest BCUT2D eigenvalue weighted by atomic mass is 9.73. The Morgan fingerprint density at radius 3 is 2.21 bits per heavy atom. The first-order valence-corrected chi connectivity index (χ1v) is 19.6. The molecule has 0 aromatic heterocycles. The van der Waals surface area contributed by atoms with Crippen molar-refractivity contribution < 1.29 is 0 Å². The quantitative estimate of drug-likeness (QED) is 0.0302. The highest BCUT2D eigenvalue weighted by Gasteiger charge is 2.30. The maximum atomic E-state index is 6.12. The Morgan fingerprint density at radius 2 is 1.47 bits per heavy atom. The summed E-state index contributed by atoms with van der Waals surface area (Å²) in [5.41, 5.74) is 15.5. The van der Waals surface area contributed by atoms with Crippen molar-refractivity contribution in [2.75, 3.05) is 11.4 Å². The number of nitrogens with zero attached hydrogens (tertiary/aromatic N) is 3. The zero-order valence-electron chi connectivity index (χ0n) is 32.8. The lowest BCUT2D eigenvalue weighted by molar-refractivity contribution is 0.521. The molecule has 1 unspecified atom stereocenters. The molecule has 282 valence electrons. The molecule has 2 N–H and O–H groups in total. The minimum absolute atomic E-state index is 0.108. The fraction of sp³-hybridized carbons (Fsp3) is 0.113. The van der Waals surface area contributed by atoms with Crippen LogP contribution in [0.5, 0.6) is 0 Å². The van der Waals surface area contributed by atoms with Crippen LogP contribution < -0.4 is 10.7 Å². The zero-order chi connectivity index (χ0) is 39.6. The summed E-state index contributed by atoms with van der Waals surface area (Å²) in [6.07, 6.45) is 13.5. The van der Waals surface area contributed by atoms with Crippen LogP contribution >= 0.6 is 0 Å². The first-order valence-electron chi connectivity index (χ1n) is 19.6. The first-order chi connectivity index (χ1) is 28.1. The van der Waals surface area contributed by atoms with Crippen molar-refractivity contribution in [1.82, 2.24) is 4.90 Å². The SMILES string of the molecule is C=C/C=C(\C=C)N(Cc1ccc2c(c1)CC(c1ccccc1-c1ccccc1)c1cc(N(C/C=C\C)c3ccccc3CC=C)ccc1-2)/C(=N\N)c1ccccc1. The Balaban J connectivity index is 1.38. The van der Waals surface area contributed by atoms with E-state index in [0.717, 1.165) is 36.2 Å². The summed E-state index contributed by atoms with van der Waals surface area (Å²) < 4.78 is 0. The van der Waals surface area contributed by atoms with Gasteiger partial charge in [0.2, 0.25) is 0 Å². The molecule has 0 spiro atoms. The van der Waals surface area contributed by atoms with Crippen LogP contribution in [0, 0.1) is 0 Å². The normalized spacial score (nSPS) is 13.7. The number of rotatable bonds is 14. The van der Waals surface area contributed by atoms with E-state index in [1.807, 2.05) is 48.6 Å². The van der Waals surface area contributed by atoms with Crippen molar-refractivity contribution in [3.63, 3.8) is 0 Å². The minimum Gasteiger partial charge on any atom is -0.337 e. The molecule has 0 fully saturated rings. The molecule has 4 heteroatoms. The third-order valence-electron chi connectivity index (χ3n) is 10.8. The summed E-state index contributed by atoms with van der Waals surface area (Å²) in [4.78, 5) is 4.55. The number of amidine groups is 1. The summed E-state index contributed by atoms with van der Waals surface area (Å²) >= 11 is 0. The molecule has 1 aliphatic rings. The largest absolute Gasteiger partial charge is 0.337 e. The van der Waals surface area contributed by atoms with Gasteiger partial charge in [0.15, 0.2) is 5.84 Å². The molecule has 0 saturated carbocycles. The smallest absolute Gasteiger partial charge is 0.160 e. The number of hydrogen-bond acceptors (Lipinski definition) is 3. The second-order valence-electron chi connectivity index (χ2n) is 14.2. The summed E-state index contributed by atoms with van der Waals surface area (Å²) in [5, 5.41) is 4.30. The second-order valence-corrected chi connectivity index (χ2v) is 14.2. The zero-order valence-corrected chi connectivity index (χ0v) is 32.8. The Hall–Kier alpha value is -6.91. The van der Waals surface area contributed by atoms with E-state index in [0.29, 0.717) is 12.4 Å². The second kappa shape index (κ2) is 18.1. The molecule has 6 aromatic rings. The third-order valence-corrected chi connectivity index (χ3v) is 10.8. The molecule has 0 radical (unpaired) electrons. The molecule has 1 aliphatic carbocycles. The van der Waals surface area contributed by atoms with E-state index in [1.54, 1.807) is 6.08 Å². The fourth-order valence-corrected chi connectivity index (χ4v) is 8.12. The number of anilines is 2. The van der Waals surface area contributed by atoms with Crippen LogP contribution in [0.15, 0.2) is 213 Å². The van der Waals surface area contributed by atoms with Crippen molar-refractivity contribution >= 4 is 17.2 Å². The molecule has 0 bridgehead atoms. The third kappa shape index (κ3) is 8.22. The maximum Gasteiger partial charge on any atom is 0.160 e. The molecule has 0 heterocycles. The standard InChI is InChI=1S/C53H50N4/c1-5-9-34-56(52-29-19-16-24-41(52)20-6-2)45-31-33-49-47-32-30-39(38-57(44(8-4)21-7-3)53(55-54)42-25-14-11-15-26-42)35-43(47)36-50(51(49)37-45)48-28-18-17-27-46(48)40-22-12-10-13-23-40/h5-19,21-33,35,37,50H,2-4,20,34,36,38,54H2,1H3/b9-5-,44-21+,55-53-. The highest BCUT2D eigenvalue weighted by Crippen LogP contribution is 2.47. The Morgan fingerprint density at radius 1 is 0.754 bits per heavy atom.